The summed E-state index contributed by atoms with van der Waals surface area (Å²) in [5, 5.41) is 13.6. The van der Waals surface area contributed by atoms with Crippen LogP contribution in [0, 0.1) is 11.8 Å². The molecule has 0 aromatic carbocycles. The maximum absolute atomic E-state index is 6.18. The number of halogens is 1. The van der Waals surface area contributed by atoms with Gasteiger partial charge in [-0.25, -0.2) is 9.67 Å². The standard InChI is InChI=1S/C19H19ClN6O/c20-17-22-11-26(25-17)19-8-12-5-13(9-19)7-18(6-12,10-19)16-24-23-15(27-16)14-3-1-2-4-21-14/h1-4,11-13H,5-10H2/t12-,13-,18?,19?/m0/s1. The molecule has 0 unspecified atom stereocenters. The van der Waals surface area contributed by atoms with Gasteiger partial charge in [0.05, 0.1) is 11.0 Å². The first-order valence-corrected chi connectivity index (χ1v) is 9.85. The zero-order chi connectivity index (χ0) is 18.1. The molecule has 4 bridgehead atoms. The van der Waals surface area contributed by atoms with Gasteiger partial charge in [-0.3, -0.25) is 4.98 Å². The fourth-order valence-corrected chi connectivity index (χ4v) is 6.36. The lowest BCUT2D eigenvalue weighted by molar-refractivity contribution is -0.0772. The van der Waals surface area contributed by atoms with Crippen LogP contribution in [-0.4, -0.2) is 29.9 Å². The summed E-state index contributed by atoms with van der Waals surface area (Å²) in [5.74, 6) is 2.56. The fourth-order valence-electron chi connectivity index (χ4n) is 6.23. The SMILES string of the molecule is Clc1ncn(C23C[C@H]4C[C@@H](CC(c5nnc(-c6ccccn6)o5)(C4)C2)C3)n1. The van der Waals surface area contributed by atoms with E-state index >= 15 is 0 Å². The Balaban J connectivity index is 1.41. The second kappa shape index (κ2) is 5.38. The van der Waals surface area contributed by atoms with Crippen molar-refractivity contribution >= 4 is 11.6 Å². The number of rotatable bonds is 3. The Morgan fingerprint density at radius 2 is 1.93 bits per heavy atom. The van der Waals surface area contributed by atoms with E-state index in [-0.39, 0.29) is 11.0 Å². The molecule has 7 nitrogen and oxygen atoms in total. The predicted octanol–water partition coefficient (Wildman–Crippen LogP) is 3.62. The summed E-state index contributed by atoms with van der Waals surface area (Å²) in [5.41, 5.74) is 0.602. The van der Waals surface area contributed by atoms with E-state index in [4.69, 9.17) is 16.0 Å². The zero-order valence-electron chi connectivity index (χ0n) is 14.8. The molecule has 27 heavy (non-hydrogen) atoms. The van der Waals surface area contributed by atoms with Crippen LogP contribution in [0.3, 0.4) is 0 Å². The summed E-state index contributed by atoms with van der Waals surface area (Å²) in [6, 6.07) is 5.71. The Kier molecular flexibility index (Phi) is 3.14. The Hall–Kier alpha value is -2.28. The molecule has 3 aromatic heterocycles. The average molecular weight is 383 g/mol. The Morgan fingerprint density at radius 1 is 1.07 bits per heavy atom. The summed E-state index contributed by atoms with van der Waals surface area (Å²) in [6.45, 7) is 0. The van der Waals surface area contributed by atoms with E-state index in [0.717, 1.165) is 43.7 Å². The number of aromatic nitrogens is 6. The van der Waals surface area contributed by atoms with Crippen LogP contribution in [0.2, 0.25) is 5.28 Å². The van der Waals surface area contributed by atoms with Crippen LogP contribution in [0.5, 0.6) is 0 Å². The van der Waals surface area contributed by atoms with E-state index < -0.39 is 0 Å². The molecule has 138 valence electrons. The third-order valence-corrected chi connectivity index (χ3v) is 6.92. The molecule has 0 spiro atoms. The van der Waals surface area contributed by atoms with Crippen LogP contribution in [0.1, 0.15) is 44.4 Å². The first-order valence-electron chi connectivity index (χ1n) is 9.47. The summed E-state index contributed by atoms with van der Waals surface area (Å²) in [6.07, 6.45) is 10.3. The molecule has 8 heteroatoms. The van der Waals surface area contributed by atoms with Crippen molar-refractivity contribution in [2.45, 2.75) is 49.5 Å². The van der Waals surface area contributed by atoms with Crippen LogP contribution in [0.4, 0.5) is 0 Å². The Morgan fingerprint density at radius 3 is 2.63 bits per heavy atom. The number of hydrogen-bond donors (Lipinski definition) is 0. The van der Waals surface area contributed by atoms with Crippen LogP contribution in [0.15, 0.2) is 35.1 Å². The van der Waals surface area contributed by atoms with E-state index in [9.17, 15) is 0 Å². The second-order valence-corrected chi connectivity index (χ2v) is 8.89. The summed E-state index contributed by atoms with van der Waals surface area (Å²) < 4.78 is 8.20. The molecule has 3 aromatic rings. The minimum absolute atomic E-state index is 0.0378. The third kappa shape index (κ3) is 2.30. The first-order chi connectivity index (χ1) is 13.1. The van der Waals surface area contributed by atoms with Crippen molar-refractivity contribution in [3.05, 3.63) is 41.9 Å². The van der Waals surface area contributed by atoms with Gasteiger partial charge in [-0.05, 0) is 74.1 Å². The molecule has 4 aliphatic carbocycles. The lowest BCUT2D eigenvalue weighted by Crippen LogP contribution is -2.58. The number of pyridine rings is 1. The molecule has 2 atom stereocenters. The van der Waals surface area contributed by atoms with Crippen LogP contribution < -0.4 is 0 Å². The molecule has 7 rings (SSSR count). The fraction of sp³-hybridized carbons (Fsp3) is 0.526. The van der Waals surface area contributed by atoms with Crippen molar-refractivity contribution < 1.29 is 4.42 Å². The van der Waals surface area contributed by atoms with Gasteiger partial charge >= 0.3 is 0 Å². The molecule has 4 saturated carbocycles. The summed E-state index contributed by atoms with van der Waals surface area (Å²) in [7, 11) is 0. The lowest BCUT2D eigenvalue weighted by Gasteiger charge is -2.60. The van der Waals surface area contributed by atoms with Crippen molar-refractivity contribution in [3.8, 4) is 11.6 Å². The molecule has 0 aliphatic heterocycles. The van der Waals surface area contributed by atoms with Crippen LogP contribution >= 0.6 is 11.6 Å². The van der Waals surface area contributed by atoms with Gasteiger partial charge in [0, 0.05) is 6.20 Å². The Bertz CT molecular complexity index is 985. The highest BCUT2D eigenvalue weighted by molar-refractivity contribution is 6.28. The van der Waals surface area contributed by atoms with Crippen molar-refractivity contribution in [1.82, 2.24) is 29.9 Å². The molecule has 4 aliphatic rings. The lowest BCUT2D eigenvalue weighted by atomic mass is 9.47. The van der Waals surface area contributed by atoms with E-state index in [1.807, 2.05) is 22.9 Å². The van der Waals surface area contributed by atoms with Gasteiger partial charge in [-0.2, -0.15) is 0 Å². The van der Waals surface area contributed by atoms with Gasteiger partial charge in [0.25, 0.3) is 5.89 Å². The molecular weight excluding hydrogens is 364 g/mol. The summed E-state index contributed by atoms with van der Waals surface area (Å²) >= 11 is 6.03. The zero-order valence-corrected chi connectivity index (χ0v) is 15.5. The normalized spacial score (nSPS) is 34.3. The monoisotopic (exact) mass is 382 g/mol. The van der Waals surface area contributed by atoms with Gasteiger partial charge in [0.2, 0.25) is 11.2 Å². The molecule has 4 fully saturated rings. The van der Waals surface area contributed by atoms with Gasteiger partial charge < -0.3 is 4.42 Å². The van der Waals surface area contributed by atoms with E-state index in [1.54, 1.807) is 12.5 Å². The van der Waals surface area contributed by atoms with Crippen molar-refractivity contribution in [2.75, 3.05) is 0 Å². The third-order valence-electron chi connectivity index (χ3n) is 6.74. The molecule has 0 radical (unpaired) electrons. The van der Waals surface area contributed by atoms with Gasteiger partial charge in [0.1, 0.15) is 12.0 Å². The van der Waals surface area contributed by atoms with Crippen LogP contribution in [0.25, 0.3) is 11.6 Å². The van der Waals surface area contributed by atoms with Gasteiger partial charge in [-0.1, -0.05) is 6.07 Å². The Labute approximate surface area is 161 Å². The molecule has 0 amide bonds. The topological polar surface area (TPSA) is 82.5 Å². The average Bonchev–Trinajstić information content (AvgIpc) is 3.31. The number of nitrogens with zero attached hydrogens (tertiary/aromatic N) is 6. The van der Waals surface area contributed by atoms with Gasteiger partial charge in [0.15, 0.2) is 0 Å². The molecule has 3 heterocycles. The van der Waals surface area contributed by atoms with Crippen molar-refractivity contribution in [2.24, 2.45) is 11.8 Å². The quantitative estimate of drug-likeness (QED) is 0.688. The van der Waals surface area contributed by atoms with Crippen molar-refractivity contribution in [1.29, 1.82) is 0 Å². The highest BCUT2D eigenvalue weighted by atomic mass is 35.5. The summed E-state index contributed by atoms with van der Waals surface area (Å²) in [4.78, 5) is 8.51. The maximum atomic E-state index is 6.18. The smallest absolute Gasteiger partial charge is 0.266 e. The number of hydrogen-bond acceptors (Lipinski definition) is 6. The highest BCUT2D eigenvalue weighted by Crippen LogP contribution is 2.64. The largest absolute Gasteiger partial charge is 0.419 e. The predicted molar refractivity (Wildman–Crippen MR) is 96.9 cm³/mol. The van der Waals surface area contributed by atoms with Crippen molar-refractivity contribution in [3.63, 3.8) is 0 Å². The molecule has 0 N–H and O–H groups in total. The molecular formula is C19H19ClN6O. The minimum atomic E-state index is -0.0808. The minimum Gasteiger partial charge on any atom is -0.419 e. The van der Waals surface area contributed by atoms with E-state index in [1.165, 1.54) is 6.42 Å². The van der Waals surface area contributed by atoms with E-state index in [2.05, 4.69) is 25.3 Å². The van der Waals surface area contributed by atoms with Crippen LogP contribution in [-0.2, 0) is 11.0 Å². The highest BCUT2D eigenvalue weighted by Gasteiger charge is 2.61. The van der Waals surface area contributed by atoms with E-state index in [0.29, 0.717) is 23.0 Å². The van der Waals surface area contributed by atoms with Gasteiger partial charge in [-0.15, -0.1) is 15.3 Å². The second-order valence-electron chi connectivity index (χ2n) is 8.55. The molecule has 0 saturated heterocycles. The first kappa shape index (κ1) is 15.7. The maximum Gasteiger partial charge on any atom is 0.266 e.